The monoisotopic (exact) mass is 298 g/mol. The molecule has 1 aliphatic carbocycles. The number of hydrogen-bond acceptors (Lipinski definition) is 3. The maximum absolute atomic E-state index is 12.6. The summed E-state index contributed by atoms with van der Waals surface area (Å²) >= 11 is 0. The highest BCUT2D eigenvalue weighted by Gasteiger charge is 2.34. The molecule has 1 aromatic rings. The number of halogens is 3. The number of alkyl halides is 3. The fourth-order valence-corrected chi connectivity index (χ4v) is 2.16. The highest BCUT2D eigenvalue weighted by Crippen LogP contribution is 2.37. The van der Waals surface area contributed by atoms with Crippen molar-refractivity contribution in [2.45, 2.75) is 31.5 Å². The first-order valence-electron chi connectivity index (χ1n) is 6.41. The average molecular weight is 298 g/mol. The molecule has 21 heavy (non-hydrogen) atoms. The fourth-order valence-electron chi connectivity index (χ4n) is 2.16. The second kappa shape index (κ2) is 5.64. The topological polar surface area (TPSA) is 73.1 Å². The Kier molecular flexibility index (Phi) is 4.07. The number of hydrogen-bond donors (Lipinski definition) is 2. The van der Waals surface area contributed by atoms with Crippen LogP contribution in [0.25, 0.3) is 0 Å². The van der Waals surface area contributed by atoms with Gasteiger partial charge in [0.2, 0.25) is 0 Å². The molecule has 112 valence electrons. The van der Waals surface area contributed by atoms with Gasteiger partial charge in [-0.15, -0.1) is 0 Å². The van der Waals surface area contributed by atoms with Crippen molar-refractivity contribution in [3.8, 4) is 6.07 Å². The van der Waals surface area contributed by atoms with E-state index in [0.29, 0.717) is 0 Å². The van der Waals surface area contributed by atoms with Crippen molar-refractivity contribution < 1.29 is 23.1 Å². The molecule has 2 N–H and O–H groups in total. The smallest absolute Gasteiger partial charge is 0.416 e. The zero-order valence-electron chi connectivity index (χ0n) is 10.9. The number of carboxylic acids is 1. The van der Waals surface area contributed by atoms with Crippen LogP contribution in [0.2, 0.25) is 0 Å². The summed E-state index contributed by atoms with van der Waals surface area (Å²) in [6.45, 7) is 0. The van der Waals surface area contributed by atoms with E-state index in [1.54, 1.807) is 6.07 Å². The minimum Gasteiger partial charge on any atom is -0.481 e. The molecule has 1 fully saturated rings. The standard InChI is InChI=1S/C14H13F3N2O2/c15-14(16,17)10-3-4-11(9(5-10)7-18)19-12(6-13(20)21)8-1-2-8/h3-5,8,12,19H,1-2,6H2,(H,20,21). The first kappa shape index (κ1) is 15.2. The normalized spacial score (nSPS) is 16.1. The van der Waals surface area contributed by atoms with Crippen molar-refractivity contribution in [1.29, 1.82) is 5.26 Å². The van der Waals surface area contributed by atoms with Crippen molar-refractivity contribution in [3.05, 3.63) is 29.3 Å². The van der Waals surface area contributed by atoms with Gasteiger partial charge in [0.1, 0.15) is 6.07 Å². The predicted octanol–water partition coefficient (Wildman–Crippen LogP) is 3.24. The van der Waals surface area contributed by atoms with E-state index in [4.69, 9.17) is 10.4 Å². The van der Waals surface area contributed by atoms with Crippen LogP contribution in [0.3, 0.4) is 0 Å². The van der Waals surface area contributed by atoms with E-state index >= 15 is 0 Å². The predicted molar refractivity (Wildman–Crippen MR) is 68.5 cm³/mol. The molecule has 0 bridgehead atoms. The Balaban J connectivity index is 2.23. The third-order valence-corrected chi connectivity index (χ3v) is 3.39. The first-order valence-corrected chi connectivity index (χ1v) is 6.41. The number of aliphatic carboxylic acids is 1. The highest BCUT2D eigenvalue weighted by atomic mass is 19.4. The lowest BCUT2D eigenvalue weighted by molar-refractivity contribution is -0.138. The Labute approximate surface area is 119 Å². The van der Waals surface area contributed by atoms with Crippen LogP contribution in [0.1, 0.15) is 30.4 Å². The number of anilines is 1. The van der Waals surface area contributed by atoms with E-state index in [1.165, 1.54) is 6.07 Å². The molecule has 0 heterocycles. The lowest BCUT2D eigenvalue weighted by Crippen LogP contribution is -2.25. The van der Waals surface area contributed by atoms with E-state index in [2.05, 4.69) is 5.32 Å². The van der Waals surface area contributed by atoms with Gasteiger partial charge in [0.15, 0.2) is 0 Å². The molecule has 0 spiro atoms. The van der Waals surface area contributed by atoms with Crippen molar-refractivity contribution in [2.75, 3.05) is 5.32 Å². The minimum atomic E-state index is -4.51. The van der Waals surface area contributed by atoms with E-state index in [-0.39, 0.29) is 29.6 Å². The van der Waals surface area contributed by atoms with Gasteiger partial charge in [-0.05, 0) is 37.0 Å². The average Bonchev–Trinajstić information content (AvgIpc) is 3.20. The Morgan fingerprint density at radius 1 is 1.48 bits per heavy atom. The van der Waals surface area contributed by atoms with E-state index in [0.717, 1.165) is 25.0 Å². The lowest BCUT2D eigenvalue weighted by Gasteiger charge is -2.19. The molecule has 0 aliphatic heterocycles. The van der Waals surface area contributed by atoms with E-state index in [9.17, 15) is 18.0 Å². The molecule has 0 aromatic heterocycles. The lowest BCUT2D eigenvalue weighted by atomic mass is 10.1. The Bertz CT molecular complexity index is 589. The maximum atomic E-state index is 12.6. The van der Waals surface area contributed by atoms with Gasteiger partial charge in [-0.1, -0.05) is 0 Å². The molecule has 2 rings (SSSR count). The van der Waals surface area contributed by atoms with Crippen molar-refractivity contribution >= 4 is 11.7 Å². The summed E-state index contributed by atoms with van der Waals surface area (Å²) in [7, 11) is 0. The second-order valence-corrected chi connectivity index (χ2v) is 5.06. The minimum absolute atomic E-state index is 0.128. The largest absolute Gasteiger partial charge is 0.481 e. The first-order chi connectivity index (χ1) is 9.81. The van der Waals surface area contributed by atoms with Gasteiger partial charge in [0, 0.05) is 6.04 Å². The molecule has 0 amide bonds. The molecule has 0 saturated heterocycles. The van der Waals surface area contributed by atoms with Crippen molar-refractivity contribution in [1.82, 2.24) is 0 Å². The van der Waals surface area contributed by atoms with Crippen molar-refractivity contribution in [2.24, 2.45) is 5.92 Å². The summed E-state index contributed by atoms with van der Waals surface area (Å²) < 4.78 is 37.8. The summed E-state index contributed by atoms with van der Waals surface area (Å²) in [5.41, 5.74) is -0.796. The van der Waals surface area contributed by atoms with Crippen LogP contribution in [0, 0.1) is 17.2 Å². The summed E-state index contributed by atoms with van der Waals surface area (Å²) in [4.78, 5) is 10.8. The van der Waals surface area contributed by atoms with Gasteiger partial charge in [-0.2, -0.15) is 18.4 Å². The molecule has 1 atom stereocenters. The molecule has 1 unspecified atom stereocenters. The number of benzene rings is 1. The number of nitrogens with one attached hydrogen (secondary N) is 1. The van der Waals surface area contributed by atoms with E-state index < -0.39 is 17.7 Å². The number of carbonyl (C=O) groups is 1. The molecule has 1 aliphatic rings. The number of nitriles is 1. The van der Waals surface area contributed by atoms with Gasteiger partial charge >= 0.3 is 12.1 Å². The Morgan fingerprint density at radius 2 is 2.14 bits per heavy atom. The molecule has 4 nitrogen and oxygen atoms in total. The highest BCUT2D eigenvalue weighted by molar-refractivity contribution is 5.69. The van der Waals surface area contributed by atoms with Crippen LogP contribution >= 0.6 is 0 Å². The van der Waals surface area contributed by atoms with Crippen LogP contribution in [-0.2, 0) is 11.0 Å². The molecule has 0 radical (unpaired) electrons. The molecular formula is C14H13F3N2O2. The molecule has 7 heteroatoms. The molecule has 1 saturated carbocycles. The third kappa shape index (κ3) is 3.88. The van der Waals surface area contributed by atoms with Crippen LogP contribution in [0.15, 0.2) is 18.2 Å². The Morgan fingerprint density at radius 3 is 2.62 bits per heavy atom. The zero-order valence-corrected chi connectivity index (χ0v) is 10.9. The molecular weight excluding hydrogens is 285 g/mol. The quantitative estimate of drug-likeness (QED) is 0.875. The second-order valence-electron chi connectivity index (χ2n) is 5.06. The fraction of sp³-hybridized carbons (Fsp3) is 0.429. The van der Waals surface area contributed by atoms with Gasteiger partial charge < -0.3 is 10.4 Å². The van der Waals surface area contributed by atoms with Gasteiger partial charge in [-0.3, -0.25) is 4.79 Å². The summed E-state index contributed by atoms with van der Waals surface area (Å²) in [5, 5.41) is 20.7. The van der Waals surface area contributed by atoms with Crippen LogP contribution in [0.4, 0.5) is 18.9 Å². The maximum Gasteiger partial charge on any atom is 0.416 e. The summed E-state index contributed by atoms with van der Waals surface area (Å²) in [5.74, 6) is -0.792. The number of nitrogens with zero attached hydrogens (tertiary/aromatic N) is 1. The van der Waals surface area contributed by atoms with Crippen molar-refractivity contribution in [3.63, 3.8) is 0 Å². The van der Waals surface area contributed by atoms with Crippen LogP contribution < -0.4 is 5.32 Å². The third-order valence-electron chi connectivity index (χ3n) is 3.39. The Hall–Kier alpha value is -2.23. The summed E-state index contributed by atoms with van der Waals surface area (Å²) in [6.07, 6.45) is -2.88. The number of carboxylic acid groups (broad SMARTS) is 1. The summed E-state index contributed by atoms with van der Waals surface area (Å²) in [6, 6.07) is 4.18. The van der Waals surface area contributed by atoms with E-state index in [1.807, 2.05) is 0 Å². The van der Waals surface area contributed by atoms with Crippen LogP contribution in [-0.4, -0.2) is 17.1 Å². The van der Waals surface area contributed by atoms with Gasteiger partial charge in [0.05, 0.1) is 23.2 Å². The molecule has 1 aromatic carbocycles. The zero-order chi connectivity index (χ0) is 15.6. The number of rotatable bonds is 5. The SMILES string of the molecule is N#Cc1cc(C(F)(F)F)ccc1NC(CC(=O)O)C1CC1. The van der Waals surface area contributed by atoms with Crippen LogP contribution in [0.5, 0.6) is 0 Å². The van der Waals surface area contributed by atoms with Gasteiger partial charge in [0.25, 0.3) is 0 Å². The van der Waals surface area contributed by atoms with Gasteiger partial charge in [-0.25, -0.2) is 0 Å².